The summed E-state index contributed by atoms with van der Waals surface area (Å²) >= 11 is 1.29. The first kappa shape index (κ1) is 18.1. The average molecular weight is 394 g/mol. The van der Waals surface area contributed by atoms with Gasteiger partial charge in [-0.3, -0.25) is 0 Å². The van der Waals surface area contributed by atoms with Crippen molar-refractivity contribution in [1.82, 2.24) is 19.9 Å². The average Bonchev–Trinajstić information content (AvgIpc) is 3.29. The molecule has 4 rings (SSSR count). The zero-order valence-electron chi connectivity index (χ0n) is 15.3. The number of rotatable bonds is 5. The highest BCUT2D eigenvalue weighted by Gasteiger charge is 2.22. The molecular formula is C20H18N4O3S. The molecule has 0 saturated carbocycles. The van der Waals surface area contributed by atoms with E-state index in [1.807, 2.05) is 49.4 Å². The highest BCUT2D eigenvalue weighted by Crippen LogP contribution is 2.26. The highest BCUT2D eigenvalue weighted by atomic mass is 32.2. The van der Waals surface area contributed by atoms with Crippen LogP contribution in [0.3, 0.4) is 0 Å². The molecule has 0 bridgehead atoms. The Kier molecular flexibility index (Phi) is 4.79. The van der Waals surface area contributed by atoms with E-state index in [1.165, 1.54) is 18.9 Å². The monoisotopic (exact) mass is 394 g/mol. The lowest BCUT2D eigenvalue weighted by Crippen LogP contribution is -2.09. The number of carbonyl (C=O) groups excluding carboxylic acids is 1. The van der Waals surface area contributed by atoms with Crippen LogP contribution in [-0.4, -0.2) is 43.9 Å². The third kappa shape index (κ3) is 3.46. The van der Waals surface area contributed by atoms with Gasteiger partial charge in [0.1, 0.15) is 17.2 Å². The normalized spacial score (nSPS) is 12.4. The molecule has 0 amide bonds. The number of aliphatic hydroxyl groups excluding tert-OH is 1. The van der Waals surface area contributed by atoms with Crippen molar-refractivity contribution in [3.8, 4) is 0 Å². The highest BCUT2D eigenvalue weighted by molar-refractivity contribution is 7.99. The number of ether oxygens (including phenoxy) is 1. The SMILES string of the molecule is COC(=O)/C(=C(/O)CSc1nc2ccc(C)cc2[nH]1)c1nc2ccccc2[nH]1. The van der Waals surface area contributed by atoms with Crippen molar-refractivity contribution >= 4 is 45.4 Å². The molecule has 142 valence electrons. The molecule has 0 aliphatic heterocycles. The maximum atomic E-state index is 12.3. The quantitative estimate of drug-likeness (QED) is 0.205. The number of aliphatic hydroxyl groups is 1. The number of imidazole rings is 2. The molecule has 0 aliphatic rings. The van der Waals surface area contributed by atoms with Crippen molar-refractivity contribution in [2.75, 3.05) is 12.9 Å². The molecule has 2 aromatic carbocycles. The van der Waals surface area contributed by atoms with Gasteiger partial charge in [0, 0.05) is 0 Å². The van der Waals surface area contributed by atoms with Gasteiger partial charge in [0.2, 0.25) is 0 Å². The van der Waals surface area contributed by atoms with Gasteiger partial charge in [-0.05, 0) is 36.8 Å². The second-order valence-corrected chi connectivity index (χ2v) is 7.23. The van der Waals surface area contributed by atoms with E-state index >= 15 is 0 Å². The van der Waals surface area contributed by atoms with Gasteiger partial charge in [-0.2, -0.15) is 0 Å². The number of thioether (sulfide) groups is 1. The van der Waals surface area contributed by atoms with Gasteiger partial charge < -0.3 is 19.8 Å². The molecule has 0 saturated heterocycles. The first-order valence-electron chi connectivity index (χ1n) is 8.60. The van der Waals surface area contributed by atoms with Gasteiger partial charge in [-0.15, -0.1) is 0 Å². The lowest BCUT2D eigenvalue weighted by molar-refractivity contribution is -0.133. The second-order valence-electron chi connectivity index (χ2n) is 6.27. The van der Waals surface area contributed by atoms with Gasteiger partial charge in [0.15, 0.2) is 5.16 Å². The molecular weight excluding hydrogens is 376 g/mol. The molecule has 0 unspecified atom stereocenters. The molecule has 4 aromatic rings. The number of para-hydroxylation sites is 2. The lowest BCUT2D eigenvalue weighted by Gasteiger charge is -2.06. The molecule has 2 aromatic heterocycles. The molecule has 0 aliphatic carbocycles. The minimum atomic E-state index is -0.655. The molecule has 3 N–H and O–H groups in total. The maximum Gasteiger partial charge on any atom is 0.345 e. The number of hydrogen-bond acceptors (Lipinski definition) is 6. The summed E-state index contributed by atoms with van der Waals surface area (Å²) in [5.41, 5.74) is 4.39. The summed E-state index contributed by atoms with van der Waals surface area (Å²) in [4.78, 5) is 27.4. The van der Waals surface area contributed by atoms with Crippen molar-refractivity contribution in [2.24, 2.45) is 0 Å². The first-order chi connectivity index (χ1) is 13.5. The summed E-state index contributed by atoms with van der Waals surface area (Å²) in [6.45, 7) is 2.01. The van der Waals surface area contributed by atoms with Crippen molar-refractivity contribution in [2.45, 2.75) is 12.1 Å². The number of esters is 1. The number of methoxy groups -OCH3 is 1. The Hall–Kier alpha value is -3.26. The zero-order valence-corrected chi connectivity index (χ0v) is 16.1. The smallest absolute Gasteiger partial charge is 0.345 e. The van der Waals surface area contributed by atoms with Crippen LogP contribution >= 0.6 is 11.8 Å². The van der Waals surface area contributed by atoms with E-state index in [4.69, 9.17) is 4.74 Å². The number of H-pyrrole nitrogens is 2. The molecule has 2 heterocycles. The third-order valence-electron chi connectivity index (χ3n) is 4.27. The minimum absolute atomic E-state index is 0.0122. The number of aromatic nitrogens is 4. The fraction of sp³-hybridized carbons (Fsp3) is 0.150. The number of hydrogen-bond donors (Lipinski definition) is 3. The number of nitrogens with one attached hydrogen (secondary N) is 2. The van der Waals surface area contributed by atoms with Gasteiger partial charge in [0.25, 0.3) is 0 Å². The standard InChI is InChI=1S/C20H18N4O3S/c1-11-7-8-14-15(9-11)24-20(23-14)28-10-16(25)17(19(26)27-2)18-21-12-5-3-4-6-13(12)22-18/h3-9,25H,10H2,1-2H3,(H,21,22)(H,23,24)/b17-16+. The minimum Gasteiger partial charge on any atom is -0.510 e. The number of carbonyl (C=O) groups is 1. The van der Waals surface area contributed by atoms with Crippen molar-refractivity contribution in [3.05, 3.63) is 59.6 Å². The van der Waals surface area contributed by atoms with E-state index in [0.29, 0.717) is 10.7 Å². The van der Waals surface area contributed by atoms with E-state index in [9.17, 15) is 9.90 Å². The Labute approximate surface area is 164 Å². The molecule has 0 spiro atoms. The van der Waals surface area contributed by atoms with E-state index in [2.05, 4.69) is 19.9 Å². The van der Waals surface area contributed by atoms with E-state index in [-0.39, 0.29) is 22.9 Å². The van der Waals surface area contributed by atoms with E-state index in [0.717, 1.165) is 22.1 Å². The lowest BCUT2D eigenvalue weighted by atomic mass is 10.2. The predicted octanol–water partition coefficient (Wildman–Crippen LogP) is 3.98. The van der Waals surface area contributed by atoms with Crippen LogP contribution in [0, 0.1) is 6.92 Å². The topological polar surface area (TPSA) is 104 Å². The predicted molar refractivity (Wildman–Crippen MR) is 109 cm³/mol. The third-order valence-corrected chi connectivity index (χ3v) is 5.15. The second kappa shape index (κ2) is 7.40. The summed E-state index contributed by atoms with van der Waals surface area (Å²) in [7, 11) is 1.27. The summed E-state index contributed by atoms with van der Waals surface area (Å²) in [6, 6.07) is 13.3. The van der Waals surface area contributed by atoms with Crippen LogP contribution in [0.15, 0.2) is 53.4 Å². The van der Waals surface area contributed by atoms with Crippen molar-refractivity contribution < 1.29 is 14.6 Å². The zero-order chi connectivity index (χ0) is 19.7. The number of fused-ring (bicyclic) bond motifs is 2. The van der Waals surface area contributed by atoms with Crippen LogP contribution in [0.4, 0.5) is 0 Å². The van der Waals surface area contributed by atoms with E-state index < -0.39 is 5.97 Å². The summed E-state index contributed by atoms with van der Waals surface area (Å²) in [5, 5.41) is 11.3. The molecule has 28 heavy (non-hydrogen) atoms. The summed E-state index contributed by atoms with van der Waals surface area (Å²) in [6.07, 6.45) is 0. The maximum absolute atomic E-state index is 12.3. The van der Waals surface area contributed by atoms with Gasteiger partial charge >= 0.3 is 5.97 Å². The fourth-order valence-corrected chi connectivity index (χ4v) is 3.66. The Bertz CT molecular complexity index is 1180. The fourth-order valence-electron chi connectivity index (χ4n) is 2.90. The molecule has 7 nitrogen and oxygen atoms in total. The summed E-state index contributed by atoms with van der Waals surface area (Å²) < 4.78 is 4.85. The van der Waals surface area contributed by atoms with Gasteiger partial charge in [-0.25, -0.2) is 14.8 Å². The Morgan fingerprint density at radius 1 is 1.11 bits per heavy atom. The molecule has 0 atom stereocenters. The van der Waals surface area contributed by atoms with Crippen molar-refractivity contribution in [1.29, 1.82) is 0 Å². The van der Waals surface area contributed by atoms with Crippen LogP contribution < -0.4 is 0 Å². The van der Waals surface area contributed by atoms with Crippen molar-refractivity contribution in [3.63, 3.8) is 0 Å². The molecule has 0 fully saturated rings. The number of aromatic amines is 2. The van der Waals surface area contributed by atoms with Gasteiger partial charge in [-0.1, -0.05) is 30.0 Å². The van der Waals surface area contributed by atoms with E-state index in [1.54, 1.807) is 0 Å². The van der Waals surface area contributed by atoms with Crippen LogP contribution in [0.5, 0.6) is 0 Å². The van der Waals surface area contributed by atoms with Crippen LogP contribution in [0.1, 0.15) is 11.4 Å². The number of aryl methyl sites for hydroxylation is 1. The number of benzene rings is 2. The van der Waals surface area contributed by atoms with Crippen LogP contribution in [0.2, 0.25) is 0 Å². The Balaban J connectivity index is 1.64. The van der Waals surface area contributed by atoms with Gasteiger partial charge in [0.05, 0.1) is 34.9 Å². The van der Waals surface area contributed by atoms with Crippen LogP contribution in [0.25, 0.3) is 27.6 Å². The molecule has 8 heteroatoms. The largest absolute Gasteiger partial charge is 0.510 e. The first-order valence-corrected chi connectivity index (χ1v) is 9.58. The Morgan fingerprint density at radius 3 is 2.68 bits per heavy atom. The Morgan fingerprint density at radius 2 is 1.89 bits per heavy atom. The van der Waals surface area contributed by atoms with Crippen LogP contribution in [-0.2, 0) is 9.53 Å². The molecule has 0 radical (unpaired) electrons. The summed E-state index contributed by atoms with van der Waals surface area (Å²) in [5.74, 6) is -0.378. The number of nitrogens with zero attached hydrogens (tertiary/aromatic N) is 2.